The first-order valence-electron chi connectivity index (χ1n) is 6.53. The fourth-order valence-electron chi connectivity index (χ4n) is 2.21. The number of hydrogen-bond donors (Lipinski definition) is 1. The lowest BCUT2D eigenvalue weighted by Gasteiger charge is -2.16. The van der Waals surface area contributed by atoms with Gasteiger partial charge in [0.1, 0.15) is 5.76 Å². The monoisotopic (exact) mass is 243 g/mol. The standard InChI is InChI=1S/C16H21NO/c1-4-17-15(16-13(3)9-10-18-16)11-14-7-5-12(2)6-8-14/h5-10,15,17H,4,11H2,1-3H3. The molecule has 18 heavy (non-hydrogen) atoms. The van der Waals surface area contributed by atoms with Gasteiger partial charge in [-0.15, -0.1) is 0 Å². The minimum absolute atomic E-state index is 0.257. The van der Waals surface area contributed by atoms with Crippen LogP contribution in [-0.4, -0.2) is 6.54 Å². The quantitative estimate of drug-likeness (QED) is 0.864. The summed E-state index contributed by atoms with van der Waals surface area (Å²) >= 11 is 0. The lowest BCUT2D eigenvalue weighted by Crippen LogP contribution is -2.23. The Labute approximate surface area is 109 Å². The third kappa shape index (κ3) is 3.02. The van der Waals surface area contributed by atoms with Crippen molar-refractivity contribution in [1.82, 2.24) is 5.32 Å². The average molecular weight is 243 g/mol. The van der Waals surface area contributed by atoms with Crippen LogP contribution in [0, 0.1) is 13.8 Å². The number of aryl methyl sites for hydroxylation is 2. The van der Waals surface area contributed by atoms with Gasteiger partial charge in [-0.2, -0.15) is 0 Å². The molecule has 0 amide bonds. The summed E-state index contributed by atoms with van der Waals surface area (Å²) in [7, 11) is 0. The highest BCUT2D eigenvalue weighted by molar-refractivity contribution is 5.25. The van der Waals surface area contributed by atoms with Crippen molar-refractivity contribution in [3.63, 3.8) is 0 Å². The molecule has 0 saturated heterocycles. The molecule has 2 rings (SSSR count). The topological polar surface area (TPSA) is 25.2 Å². The largest absolute Gasteiger partial charge is 0.467 e. The van der Waals surface area contributed by atoms with Crippen LogP contribution in [0.15, 0.2) is 41.0 Å². The van der Waals surface area contributed by atoms with Gasteiger partial charge < -0.3 is 9.73 Å². The molecule has 2 aromatic rings. The van der Waals surface area contributed by atoms with Gasteiger partial charge >= 0.3 is 0 Å². The van der Waals surface area contributed by atoms with Crippen LogP contribution in [-0.2, 0) is 6.42 Å². The van der Waals surface area contributed by atoms with Crippen molar-refractivity contribution in [3.05, 3.63) is 59.0 Å². The number of hydrogen-bond acceptors (Lipinski definition) is 2. The molecule has 96 valence electrons. The Morgan fingerprint density at radius 2 is 1.83 bits per heavy atom. The fraction of sp³-hybridized carbons (Fsp3) is 0.375. The number of likely N-dealkylation sites (N-methyl/N-ethyl adjacent to an activating group) is 1. The van der Waals surface area contributed by atoms with Crippen molar-refractivity contribution < 1.29 is 4.42 Å². The molecule has 0 bridgehead atoms. The molecule has 2 nitrogen and oxygen atoms in total. The van der Waals surface area contributed by atoms with E-state index in [-0.39, 0.29) is 6.04 Å². The highest BCUT2D eigenvalue weighted by Gasteiger charge is 2.16. The van der Waals surface area contributed by atoms with Crippen molar-refractivity contribution in [2.24, 2.45) is 0 Å². The normalized spacial score (nSPS) is 12.6. The zero-order chi connectivity index (χ0) is 13.0. The predicted octanol–water partition coefficient (Wildman–Crippen LogP) is 3.79. The molecule has 1 aromatic carbocycles. The second-order valence-electron chi connectivity index (χ2n) is 4.77. The Morgan fingerprint density at radius 3 is 2.39 bits per heavy atom. The summed E-state index contributed by atoms with van der Waals surface area (Å²) in [5.41, 5.74) is 3.85. The van der Waals surface area contributed by atoms with Gasteiger partial charge in [0.05, 0.1) is 12.3 Å². The van der Waals surface area contributed by atoms with E-state index < -0.39 is 0 Å². The molecule has 2 heteroatoms. The molecule has 1 aromatic heterocycles. The third-order valence-electron chi connectivity index (χ3n) is 3.23. The van der Waals surface area contributed by atoms with Crippen LogP contribution in [0.5, 0.6) is 0 Å². The smallest absolute Gasteiger partial charge is 0.123 e. The van der Waals surface area contributed by atoms with Gasteiger partial charge in [0.25, 0.3) is 0 Å². The van der Waals surface area contributed by atoms with Gasteiger partial charge in [-0.3, -0.25) is 0 Å². The Balaban J connectivity index is 2.16. The summed E-state index contributed by atoms with van der Waals surface area (Å²) in [6.07, 6.45) is 2.73. The fourth-order valence-corrected chi connectivity index (χ4v) is 2.21. The van der Waals surface area contributed by atoms with Crippen LogP contribution in [0.2, 0.25) is 0 Å². The molecular weight excluding hydrogens is 222 g/mol. The number of rotatable bonds is 5. The van der Waals surface area contributed by atoms with E-state index in [1.165, 1.54) is 16.7 Å². The lowest BCUT2D eigenvalue weighted by atomic mass is 10.0. The van der Waals surface area contributed by atoms with Crippen molar-refractivity contribution in [2.75, 3.05) is 6.54 Å². The highest BCUT2D eigenvalue weighted by Crippen LogP contribution is 2.22. The van der Waals surface area contributed by atoms with Crippen LogP contribution in [0.1, 0.15) is 35.4 Å². The Morgan fingerprint density at radius 1 is 1.11 bits per heavy atom. The molecule has 1 unspecified atom stereocenters. The van der Waals surface area contributed by atoms with Crippen LogP contribution in [0.3, 0.4) is 0 Å². The van der Waals surface area contributed by atoms with Crippen molar-refractivity contribution >= 4 is 0 Å². The summed E-state index contributed by atoms with van der Waals surface area (Å²) in [5, 5.41) is 3.50. The van der Waals surface area contributed by atoms with Crippen LogP contribution in [0.4, 0.5) is 0 Å². The second-order valence-corrected chi connectivity index (χ2v) is 4.77. The van der Waals surface area contributed by atoms with E-state index in [0.717, 1.165) is 18.7 Å². The molecular formula is C16H21NO. The minimum Gasteiger partial charge on any atom is -0.467 e. The zero-order valence-electron chi connectivity index (χ0n) is 11.4. The first-order valence-corrected chi connectivity index (χ1v) is 6.53. The van der Waals surface area contributed by atoms with Crippen LogP contribution >= 0.6 is 0 Å². The van der Waals surface area contributed by atoms with Gasteiger partial charge in [-0.25, -0.2) is 0 Å². The molecule has 0 aliphatic carbocycles. The molecule has 0 saturated carbocycles. The number of benzene rings is 1. The van der Waals surface area contributed by atoms with Crippen LogP contribution < -0.4 is 5.32 Å². The Kier molecular flexibility index (Phi) is 4.21. The van der Waals surface area contributed by atoms with Gasteiger partial charge in [0, 0.05) is 0 Å². The molecule has 0 spiro atoms. The molecule has 0 radical (unpaired) electrons. The third-order valence-corrected chi connectivity index (χ3v) is 3.23. The molecule has 1 N–H and O–H groups in total. The second kappa shape index (κ2) is 5.87. The highest BCUT2D eigenvalue weighted by atomic mass is 16.3. The number of nitrogens with one attached hydrogen (secondary N) is 1. The Hall–Kier alpha value is -1.54. The summed E-state index contributed by atoms with van der Waals surface area (Å²) in [4.78, 5) is 0. The van der Waals surface area contributed by atoms with E-state index in [1.54, 1.807) is 6.26 Å². The first kappa shape index (κ1) is 12.9. The van der Waals surface area contributed by atoms with E-state index in [0.29, 0.717) is 0 Å². The van der Waals surface area contributed by atoms with Crippen LogP contribution in [0.25, 0.3) is 0 Å². The van der Waals surface area contributed by atoms with Gasteiger partial charge in [-0.1, -0.05) is 36.8 Å². The van der Waals surface area contributed by atoms with Gasteiger partial charge in [0.15, 0.2) is 0 Å². The summed E-state index contributed by atoms with van der Waals surface area (Å²) in [5.74, 6) is 1.05. The van der Waals surface area contributed by atoms with E-state index in [2.05, 4.69) is 50.4 Å². The summed E-state index contributed by atoms with van der Waals surface area (Å²) < 4.78 is 5.61. The molecule has 0 fully saturated rings. The van der Waals surface area contributed by atoms with E-state index in [1.807, 2.05) is 6.07 Å². The maximum absolute atomic E-state index is 5.61. The van der Waals surface area contributed by atoms with Gasteiger partial charge in [-0.05, 0) is 44.0 Å². The van der Waals surface area contributed by atoms with Crippen molar-refractivity contribution in [1.29, 1.82) is 0 Å². The van der Waals surface area contributed by atoms with Crippen molar-refractivity contribution in [3.8, 4) is 0 Å². The zero-order valence-corrected chi connectivity index (χ0v) is 11.4. The Bertz CT molecular complexity index is 484. The minimum atomic E-state index is 0.257. The maximum Gasteiger partial charge on any atom is 0.123 e. The van der Waals surface area contributed by atoms with Gasteiger partial charge in [0.2, 0.25) is 0 Å². The first-order chi connectivity index (χ1) is 8.70. The van der Waals surface area contributed by atoms with Crippen molar-refractivity contribution in [2.45, 2.75) is 33.2 Å². The SMILES string of the molecule is CCNC(Cc1ccc(C)cc1)c1occc1C. The maximum atomic E-state index is 5.61. The van der Waals surface area contributed by atoms with E-state index in [9.17, 15) is 0 Å². The summed E-state index contributed by atoms with van der Waals surface area (Å²) in [6, 6.07) is 11.0. The molecule has 0 aliphatic rings. The predicted molar refractivity (Wildman–Crippen MR) is 74.7 cm³/mol. The number of furan rings is 1. The molecule has 0 aliphatic heterocycles. The average Bonchev–Trinajstić information content (AvgIpc) is 2.78. The van der Waals surface area contributed by atoms with E-state index >= 15 is 0 Å². The molecule has 1 heterocycles. The summed E-state index contributed by atoms with van der Waals surface area (Å²) in [6.45, 7) is 7.28. The lowest BCUT2D eigenvalue weighted by molar-refractivity contribution is 0.413. The molecule has 1 atom stereocenters. The van der Waals surface area contributed by atoms with E-state index in [4.69, 9.17) is 4.42 Å².